The van der Waals surface area contributed by atoms with Crippen molar-refractivity contribution < 1.29 is 0 Å². The Morgan fingerprint density at radius 3 is 1.92 bits per heavy atom. The maximum Gasteiger partial charge on any atom is 0.0541 e. The van der Waals surface area contributed by atoms with E-state index >= 15 is 0 Å². The van der Waals surface area contributed by atoms with Gasteiger partial charge in [0.25, 0.3) is 0 Å². The van der Waals surface area contributed by atoms with Crippen LogP contribution in [0.3, 0.4) is 0 Å². The molecule has 1 aliphatic rings. The van der Waals surface area contributed by atoms with Crippen LogP contribution >= 0.6 is 0 Å². The van der Waals surface area contributed by atoms with Crippen LogP contribution in [-0.2, 0) is 11.8 Å². The molecule has 7 aromatic carbocycles. The lowest BCUT2D eigenvalue weighted by atomic mass is 9.79. The zero-order chi connectivity index (χ0) is 33.0. The molecule has 236 valence electrons. The van der Waals surface area contributed by atoms with Crippen molar-refractivity contribution in [2.45, 2.75) is 38.0 Å². The van der Waals surface area contributed by atoms with Gasteiger partial charge >= 0.3 is 0 Å². The number of hydrogen-bond donors (Lipinski definition) is 0. The van der Waals surface area contributed by atoms with E-state index in [1.807, 2.05) is 0 Å². The number of fused-ring (bicyclic) bond motifs is 6. The maximum atomic E-state index is 2.52. The number of aryl methyl sites for hydroxylation is 1. The summed E-state index contributed by atoms with van der Waals surface area (Å²) >= 11 is 0. The smallest absolute Gasteiger partial charge is 0.0541 e. The van der Waals surface area contributed by atoms with Crippen LogP contribution in [0.15, 0.2) is 170 Å². The van der Waals surface area contributed by atoms with Crippen LogP contribution < -0.4 is 0 Å². The third-order valence-corrected chi connectivity index (χ3v) is 10.9. The van der Waals surface area contributed by atoms with Crippen LogP contribution in [0, 0.1) is 0 Å². The fourth-order valence-corrected chi connectivity index (χ4v) is 8.33. The Morgan fingerprint density at radius 1 is 0.490 bits per heavy atom. The molecule has 1 heterocycles. The second-order valence-corrected chi connectivity index (χ2v) is 14.1. The standard InChI is InChI=1S/C48H39N/c1-48(2)44-19-11-9-17-40(44)41-29-26-37(32-45(41)48)39(28-23-33-21-24-35(25-22-33)34-13-5-3-6-14-34)36-27-30-47-43(31-36)42-18-10-12-20-46(42)49(47)38-15-7-4-8-16-38/h3-22,24-27,29-32,39H,23,28H2,1-2H3. The van der Waals surface area contributed by atoms with Crippen molar-refractivity contribution in [1.29, 1.82) is 0 Å². The van der Waals surface area contributed by atoms with E-state index in [1.165, 1.54) is 77.6 Å². The number of nitrogens with zero attached hydrogens (tertiary/aromatic N) is 1. The van der Waals surface area contributed by atoms with Crippen molar-refractivity contribution in [3.8, 4) is 27.9 Å². The first-order valence-corrected chi connectivity index (χ1v) is 17.5. The molecule has 0 saturated heterocycles. The van der Waals surface area contributed by atoms with Crippen molar-refractivity contribution >= 4 is 21.8 Å². The summed E-state index contributed by atoms with van der Waals surface area (Å²) in [5.41, 5.74) is 15.9. The van der Waals surface area contributed by atoms with Crippen molar-refractivity contribution in [2.75, 3.05) is 0 Å². The summed E-state index contributed by atoms with van der Waals surface area (Å²) in [4.78, 5) is 0. The van der Waals surface area contributed by atoms with Crippen LogP contribution in [0.2, 0.25) is 0 Å². The molecule has 1 nitrogen and oxygen atoms in total. The normalized spacial score (nSPS) is 13.8. The fraction of sp³-hybridized carbons (Fsp3) is 0.125. The minimum Gasteiger partial charge on any atom is -0.309 e. The molecule has 0 fully saturated rings. The quantitative estimate of drug-likeness (QED) is 0.165. The largest absolute Gasteiger partial charge is 0.309 e. The van der Waals surface area contributed by atoms with Gasteiger partial charge in [-0.3, -0.25) is 0 Å². The predicted molar refractivity (Wildman–Crippen MR) is 207 cm³/mol. The van der Waals surface area contributed by atoms with E-state index in [-0.39, 0.29) is 11.3 Å². The van der Waals surface area contributed by atoms with Crippen LogP contribution in [0.25, 0.3) is 49.7 Å². The van der Waals surface area contributed by atoms with Crippen molar-refractivity contribution in [3.63, 3.8) is 0 Å². The van der Waals surface area contributed by atoms with Gasteiger partial charge in [0.15, 0.2) is 0 Å². The number of para-hydroxylation sites is 2. The zero-order valence-electron chi connectivity index (χ0n) is 28.1. The molecule has 8 aromatic rings. The van der Waals surface area contributed by atoms with Gasteiger partial charge in [-0.05, 0) is 93.2 Å². The van der Waals surface area contributed by atoms with Gasteiger partial charge in [0.2, 0.25) is 0 Å². The van der Waals surface area contributed by atoms with Crippen LogP contribution in [0.4, 0.5) is 0 Å². The first-order valence-electron chi connectivity index (χ1n) is 17.5. The minimum absolute atomic E-state index is 0.0349. The summed E-state index contributed by atoms with van der Waals surface area (Å²) in [6.07, 6.45) is 2.03. The lowest BCUT2D eigenvalue weighted by molar-refractivity contribution is 0.654. The highest BCUT2D eigenvalue weighted by molar-refractivity contribution is 6.09. The Morgan fingerprint density at radius 2 is 1.10 bits per heavy atom. The molecule has 0 saturated carbocycles. The highest BCUT2D eigenvalue weighted by Gasteiger charge is 2.35. The van der Waals surface area contributed by atoms with Gasteiger partial charge in [0, 0.05) is 27.8 Å². The van der Waals surface area contributed by atoms with Gasteiger partial charge in [0.1, 0.15) is 0 Å². The summed E-state index contributed by atoms with van der Waals surface area (Å²) < 4.78 is 2.41. The monoisotopic (exact) mass is 629 g/mol. The molecule has 1 aromatic heterocycles. The first-order chi connectivity index (χ1) is 24.1. The van der Waals surface area contributed by atoms with Crippen molar-refractivity contribution in [3.05, 3.63) is 198 Å². The molecule has 0 radical (unpaired) electrons. The van der Waals surface area contributed by atoms with E-state index in [2.05, 4.69) is 188 Å². The van der Waals surface area contributed by atoms with Gasteiger partial charge in [0.05, 0.1) is 11.0 Å². The molecule has 49 heavy (non-hydrogen) atoms. The van der Waals surface area contributed by atoms with E-state index in [1.54, 1.807) is 0 Å². The second kappa shape index (κ2) is 11.8. The van der Waals surface area contributed by atoms with Crippen LogP contribution in [-0.4, -0.2) is 4.57 Å². The van der Waals surface area contributed by atoms with E-state index in [9.17, 15) is 0 Å². The van der Waals surface area contributed by atoms with E-state index in [0.717, 1.165) is 12.8 Å². The lowest BCUT2D eigenvalue weighted by Crippen LogP contribution is -2.15. The summed E-state index contributed by atoms with van der Waals surface area (Å²) in [5, 5.41) is 2.60. The molecule has 0 N–H and O–H groups in total. The molecule has 1 unspecified atom stereocenters. The average Bonchev–Trinajstić information content (AvgIpc) is 3.61. The lowest BCUT2D eigenvalue weighted by Gasteiger charge is -2.24. The van der Waals surface area contributed by atoms with Crippen LogP contribution in [0.1, 0.15) is 54.0 Å². The molecule has 0 spiro atoms. The number of rotatable bonds is 7. The minimum atomic E-state index is -0.0349. The Balaban J connectivity index is 1.15. The molecule has 9 rings (SSSR count). The highest BCUT2D eigenvalue weighted by Crippen LogP contribution is 2.50. The number of benzene rings is 7. The molecule has 1 heteroatoms. The van der Waals surface area contributed by atoms with E-state index < -0.39 is 0 Å². The van der Waals surface area contributed by atoms with Crippen molar-refractivity contribution in [1.82, 2.24) is 4.57 Å². The Labute approximate surface area is 289 Å². The van der Waals surface area contributed by atoms with Gasteiger partial charge in [-0.1, -0.05) is 153 Å². The van der Waals surface area contributed by atoms with Gasteiger partial charge < -0.3 is 4.57 Å². The Hall–Kier alpha value is -5.66. The highest BCUT2D eigenvalue weighted by atomic mass is 15.0. The third-order valence-electron chi connectivity index (χ3n) is 10.9. The predicted octanol–water partition coefficient (Wildman–Crippen LogP) is 12.5. The summed E-state index contributed by atoms with van der Waals surface area (Å²) in [6.45, 7) is 4.77. The molecule has 0 bridgehead atoms. The average molecular weight is 630 g/mol. The van der Waals surface area contributed by atoms with E-state index in [0.29, 0.717) is 0 Å². The topological polar surface area (TPSA) is 4.93 Å². The van der Waals surface area contributed by atoms with Crippen molar-refractivity contribution in [2.24, 2.45) is 0 Å². The summed E-state index contributed by atoms with van der Waals surface area (Å²) in [7, 11) is 0. The molecule has 1 atom stereocenters. The SMILES string of the molecule is CC1(C)c2ccccc2-c2ccc(C(CCc3ccc(-c4ccccc4)cc3)c3ccc4c(c3)c3ccccc3n4-c3ccccc3)cc21. The maximum absolute atomic E-state index is 2.52. The van der Waals surface area contributed by atoms with Gasteiger partial charge in [-0.15, -0.1) is 0 Å². The molecule has 1 aliphatic carbocycles. The molecular weight excluding hydrogens is 591 g/mol. The van der Waals surface area contributed by atoms with E-state index in [4.69, 9.17) is 0 Å². The number of aromatic nitrogens is 1. The summed E-state index contributed by atoms with van der Waals surface area (Å²) in [5.74, 6) is 0.252. The Kier molecular flexibility index (Phi) is 7.09. The fourth-order valence-electron chi connectivity index (χ4n) is 8.33. The van der Waals surface area contributed by atoms with Gasteiger partial charge in [-0.2, -0.15) is 0 Å². The number of hydrogen-bond acceptors (Lipinski definition) is 0. The Bertz CT molecular complexity index is 2450. The molecule has 0 amide bonds. The molecular formula is C48H39N. The summed E-state index contributed by atoms with van der Waals surface area (Å²) in [6, 6.07) is 62.9. The molecule has 0 aliphatic heterocycles. The van der Waals surface area contributed by atoms with Gasteiger partial charge in [-0.25, -0.2) is 0 Å². The zero-order valence-corrected chi connectivity index (χ0v) is 28.1. The third kappa shape index (κ3) is 5.00. The first kappa shape index (κ1) is 29.5. The second-order valence-electron chi connectivity index (χ2n) is 14.1. The van der Waals surface area contributed by atoms with Crippen LogP contribution in [0.5, 0.6) is 0 Å².